The molecule has 3 aromatic rings. The third-order valence-electron chi connectivity index (χ3n) is 3.03. The zero-order chi connectivity index (χ0) is 13.2. The van der Waals surface area contributed by atoms with Gasteiger partial charge in [0.05, 0.1) is 0 Å². The van der Waals surface area contributed by atoms with Gasteiger partial charge in [0.15, 0.2) is 0 Å². The van der Waals surface area contributed by atoms with E-state index in [1.54, 1.807) is 12.3 Å². The number of para-hydroxylation sites is 1. The van der Waals surface area contributed by atoms with Gasteiger partial charge < -0.3 is 10.3 Å². The van der Waals surface area contributed by atoms with E-state index in [9.17, 15) is 4.79 Å². The lowest BCUT2D eigenvalue weighted by molar-refractivity contribution is 0.102. The first-order valence-corrected chi connectivity index (χ1v) is 6.05. The Hall–Kier alpha value is -2.62. The van der Waals surface area contributed by atoms with Gasteiger partial charge in [0.25, 0.3) is 5.91 Å². The molecule has 0 radical (unpaired) electrons. The van der Waals surface area contributed by atoms with Gasteiger partial charge in [0, 0.05) is 17.3 Å². The third-order valence-corrected chi connectivity index (χ3v) is 3.03. The maximum atomic E-state index is 12.2. The Morgan fingerprint density at radius 1 is 1.21 bits per heavy atom. The minimum Gasteiger partial charge on any atom is -0.335 e. The minimum atomic E-state index is -0.160. The van der Waals surface area contributed by atoms with Crippen molar-refractivity contribution in [2.75, 3.05) is 5.32 Å². The molecule has 1 aromatic carbocycles. The number of aromatic nitrogens is 2. The second-order valence-electron chi connectivity index (χ2n) is 4.39. The van der Waals surface area contributed by atoms with Crippen molar-refractivity contribution in [2.24, 2.45) is 0 Å². The maximum Gasteiger partial charge on any atom is 0.272 e. The number of carbonyl (C=O) groups excluding carboxylic acids is 1. The number of H-pyrrole nitrogens is 1. The fourth-order valence-electron chi connectivity index (χ4n) is 1.98. The second kappa shape index (κ2) is 4.57. The van der Waals surface area contributed by atoms with Crippen LogP contribution in [-0.4, -0.2) is 15.9 Å². The van der Waals surface area contributed by atoms with Crippen molar-refractivity contribution >= 4 is 22.6 Å². The molecule has 1 amide bonds. The predicted octanol–water partition coefficient (Wildman–Crippen LogP) is 3.12. The topological polar surface area (TPSA) is 57.8 Å². The highest BCUT2D eigenvalue weighted by molar-refractivity contribution is 6.05. The summed E-state index contributed by atoms with van der Waals surface area (Å²) in [5.41, 5.74) is 3.08. The van der Waals surface area contributed by atoms with Crippen LogP contribution in [0.15, 0.2) is 48.7 Å². The molecule has 0 aliphatic heterocycles. The molecule has 2 heterocycles. The molecular formula is C15H13N3O. The number of aryl methyl sites for hydroxylation is 1. The Morgan fingerprint density at radius 2 is 2.05 bits per heavy atom. The van der Waals surface area contributed by atoms with Gasteiger partial charge >= 0.3 is 0 Å². The van der Waals surface area contributed by atoms with Crippen molar-refractivity contribution in [3.8, 4) is 0 Å². The van der Waals surface area contributed by atoms with E-state index < -0.39 is 0 Å². The Morgan fingerprint density at radius 3 is 2.84 bits per heavy atom. The van der Waals surface area contributed by atoms with Gasteiger partial charge in [-0.05, 0) is 36.8 Å². The van der Waals surface area contributed by atoms with Crippen LogP contribution in [0.3, 0.4) is 0 Å². The molecule has 0 saturated carbocycles. The molecule has 0 aliphatic carbocycles. The Kier molecular flexibility index (Phi) is 2.76. The van der Waals surface area contributed by atoms with Crippen LogP contribution >= 0.6 is 0 Å². The predicted molar refractivity (Wildman–Crippen MR) is 75.2 cm³/mol. The smallest absolute Gasteiger partial charge is 0.272 e. The molecule has 4 nitrogen and oxygen atoms in total. The maximum absolute atomic E-state index is 12.2. The quantitative estimate of drug-likeness (QED) is 0.735. The summed E-state index contributed by atoms with van der Waals surface area (Å²) in [4.78, 5) is 19.4. The number of carbonyl (C=O) groups is 1. The molecule has 0 unspecified atom stereocenters. The average Bonchev–Trinajstić information content (AvgIpc) is 2.85. The lowest BCUT2D eigenvalue weighted by atomic mass is 10.2. The summed E-state index contributed by atoms with van der Waals surface area (Å²) in [5.74, 6) is -0.160. The largest absolute Gasteiger partial charge is 0.335 e. The van der Waals surface area contributed by atoms with Crippen LogP contribution in [-0.2, 0) is 0 Å². The van der Waals surface area contributed by atoms with E-state index >= 15 is 0 Å². The van der Waals surface area contributed by atoms with Crippen LogP contribution in [0.25, 0.3) is 11.0 Å². The van der Waals surface area contributed by atoms with Crippen LogP contribution in [0.2, 0.25) is 0 Å². The molecule has 2 N–H and O–H groups in total. The monoisotopic (exact) mass is 251 g/mol. The van der Waals surface area contributed by atoms with E-state index in [0.717, 1.165) is 22.3 Å². The highest BCUT2D eigenvalue weighted by Gasteiger charge is 2.10. The number of anilines is 1. The first-order chi connectivity index (χ1) is 9.24. The SMILES string of the molecule is Cc1ccccc1NC(=O)c1cc2cccnc2[nH]1. The van der Waals surface area contributed by atoms with Crippen molar-refractivity contribution in [1.29, 1.82) is 0 Å². The van der Waals surface area contributed by atoms with Gasteiger partial charge in [0.1, 0.15) is 11.3 Å². The van der Waals surface area contributed by atoms with Crippen LogP contribution in [0.5, 0.6) is 0 Å². The van der Waals surface area contributed by atoms with Gasteiger partial charge in [-0.3, -0.25) is 4.79 Å². The lowest BCUT2D eigenvalue weighted by Gasteiger charge is -2.06. The Labute approximate surface area is 110 Å². The molecule has 0 spiro atoms. The van der Waals surface area contributed by atoms with Gasteiger partial charge in [-0.2, -0.15) is 0 Å². The number of rotatable bonds is 2. The molecule has 0 saturated heterocycles. The summed E-state index contributed by atoms with van der Waals surface area (Å²) in [6.45, 7) is 1.96. The van der Waals surface area contributed by atoms with Gasteiger partial charge in [-0.25, -0.2) is 4.98 Å². The number of aromatic amines is 1. The standard InChI is InChI=1S/C15H13N3O/c1-10-5-2-3-7-12(10)18-15(19)13-9-11-6-4-8-16-14(11)17-13/h2-9H,1H3,(H,16,17)(H,18,19). The number of pyridine rings is 1. The number of fused-ring (bicyclic) bond motifs is 1. The summed E-state index contributed by atoms with van der Waals surface area (Å²) in [7, 11) is 0. The molecule has 0 aliphatic rings. The van der Waals surface area contributed by atoms with E-state index in [0.29, 0.717) is 5.69 Å². The van der Waals surface area contributed by atoms with Crippen molar-refractivity contribution in [2.45, 2.75) is 6.92 Å². The Balaban J connectivity index is 1.90. The molecule has 0 bridgehead atoms. The zero-order valence-electron chi connectivity index (χ0n) is 10.5. The molecule has 19 heavy (non-hydrogen) atoms. The first-order valence-electron chi connectivity index (χ1n) is 6.05. The van der Waals surface area contributed by atoms with E-state index in [4.69, 9.17) is 0 Å². The Bertz CT molecular complexity index is 713. The summed E-state index contributed by atoms with van der Waals surface area (Å²) >= 11 is 0. The summed E-state index contributed by atoms with van der Waals surface area (Å²) in [5, 5.41) is 3.82. The highest BCUT2D eigenvalue weighted by atomic mass is 16.1. The number of nitrogens with zero attached hydrogens (tertiary/aromatic N) is 1. The van der Waals surface area contributed by atoms with Crippen LogP contribution < -0.4 is 5.32 Å². The zero-order valence-corrected chi connectivity index (χ0v) is 10.5. The summed E-state index contributed by atoms with van der Waals surface area (Å²) in [6, 6.07) is 13.3. The lowest BCUT2D eigenvalue weighted by Crippen LogP contribution is -2.12. The number of nitrogens with one attached hydrogen (secondary N) is 2. The van der Waals surface area contributed by atoms with Crippen molar-refractivity contribution in [3.63, 3.8) is 0 Å². The van der Waals surface area contributed by atoms with Gasteiger partial charge in [0.2, 0.25) is 0 Å². The van der Waals surface area contributed by atoms with E-state index in [1.165, 1.54) is 0 Å². The minimum absolute atomic E-state index is 0.160. The molecule has 0 atom stereocenters. The van der Waals surface area contributed by atoms with E-state index in [2.05, 4.69) is 15.3 Å². The average molecular weight is 251 g/mol. The molecular weight excluding hydrogens is 238 g/mol. The number of hydrogen-bond donors (Lipinski definition) is 2. The molecule has 3 rings (SSSR count). The van der Waals surface area contributed by atoms with Crippen LogP contribution in [0.4, 0.5) is 5.69 Å². The van der Waals surface area contributed by atoms with Crippen molar-refractivity contribution in [1.82, 2.24) is 9.97 Å². The second-order valence-corrected chi connectivity index (χ2v) is 4.39. The van der Waals surface area contributed by atoms with Gasteiger partial charge in [-0.1, -0.05) is 18.2 Å². The normalized spacial score (nSPS) is 10.6. The van der Waals surface area contributed by atoms with Crippen LogP contribution in [0, 0.1) is 6.92 Å². The number of amides is 1. The first kappa shape index (κ1) is 11.5. The van der Waals surface area contributed by atoms with E-state index in [-0.39, 0.29) is 5.91 Å². The molecule has 0 fully saturated rings. The number of hydrogen-bond acceptors (Lipinski definition) is 2. The fraction of sp³-hybridized carbons (Fsp3) is 0.0667. The summed E-state index contributed by atoms with van der Waals surface area (Å²) in [6.07, 6.45) is 1.70. The molecule has 4 heteroatoms. The van der Waals surface area contributed by atoms with Gasteiger partial charge in [-0.15, -0.1) is 0 Å². The highest BCUT2D eigenvalue weighted by Crippen LogP contribution is 2.16. The van der Waals surface area contributed by atoms with Crippen molar-refractivity contribution < 1.29 is 4.79 Å². The van der Waals surface area contributed by atoms with E-state index in [1.807, 2.05) is 43.3 Å². The summed E-state index contributed by atoms with van der Waals surface area (Å²) < 4.78 is 0. The molecule has 2 aromatic heterocycles. The molecule has 94 valence electrons. The third kappa shape index (κ3) is 2.20. The van der Waals surface area contributed by atoms with Crippen molar-refractivity contribution in [3.05, 3.63) is 59.9 Å². The van der Waals surface area contributed by atoms with Crippen LogP contribution in [0.1, 0.15) is 16.1 Å². The fourth-order valence-corrected chi connectivity index (χ4v) is 1.98. The number of benzene rings is 1.